The van der Waals surface area contributed by atoms with Crippen molar-refractivity contribution in [3.05, 3.63) is 47.2 Å². The second-order valence-corrected chi connectivity index (χ2v) is 7.75. The minimum absolute atomic E-state index is 0.0606. The fourth-order valence-electron chi connectivity index (χ4n) is 3.63. The van der Waals surface area contributed by atoms with Crippen molar-refractivity contribution in [2.75, 3.05) is 19.0 Å². The van der Waals surface area contributed by atoms with E-state index in [2.05, 4.69) is 20.6 Å². The molecule has 2 aromatic rings. The van der Waals surface area contributed by atoms with E-state index in [0.29, 0.717) is 29.6 Å². The smallest absolute Gasteiger partial charge is 0.255 e. The number of fused-ring (bicyclic) bond motifs is 1. The molecule has 8 nitrogen and oxygen atoms in total. The summed E-state index contributed by atoms with van der Waals surface area (Å²) in [6.45, 7) is 0.0606. The highest BCUT2D eigenvalue weighted by Gasteiger charge is 2.24. The number of methoxy groups -OCH3 is 1. The summed E-state index contributed by atoms with van der Waals surface area (Å²) >= 11 is 0. The number of hydrogen-bond acceptors (Lipinski definition) is 7. The van der Waals surface area contributed by atoms with Gasteiger partial charge in [0.2, 0.25) is 0 Å². The number of phenolic OH excluding ortho intramolecular Hbond substituents is 1. The monoisotopic (exact) mass is 410 g/mol. The van der Waals surface area contributed by atoms with E-state index in [9.17, 15) is 15.0 Å². The molecule has 0 spiro atoms. The number of phenols is 1. The molecule has 0 saturated heterocycles. The minimum Gasteiger partial charge on any atom is -0.508 e. The molecule has 8 heteroatoms. The lowest BCUT2D eigenvalue weighted by atomic mass is 9.93. The number of aliphatic hydroxyl groups is 1. The van der Waals surface area contributed by atoms with Crippen LogP contribution < -0.4 is 15.4 Å². The van der Waals surface area contributed by atoms with Gasteiger partial charge in [0.15, 0.2) is 0 Å². The molecule has 158 valence electrons. The summed E-state index contributed by atoms with van der Waals surface area (Å²) in [6, 6.07) is 6.81. The summed E-state index contributed by atoms with van der Waals surface area (Å²) in [6.07, 6.45) is 6.29. The zero-order valence-corrected chi connectivity index (χ0v) is 16.8. The molecule has 1 aromatic heterocycles. The van der Waals surface area contributed by atoms with Crippen molar-refractivity contribution >= 4 is 17.9 Å². The number of rotatable bonds is 7. The molecule has 1 aromatic carbocycles. The molecular weight excluding hydrogens is 384 g/mol. The van der Waals surface area contributed by atoms with Crippen LogP contribution in [0.5, 0.6) is 11.5 Å². The molecule has 30 heavy (non-hydrogen) atoms. The van der Waals surface area contributed by atoms with Gasteiger partial charge in [0.25, 0.3) is 5.91 Å². The summed E-state index contributed by atoms with van der Waals surface area (Å²) in [5, 5.41) is 26.2. The fraction of sp³-hybridized carbons (Fsp3) is 0.409. The van der Waals surface area contributed by atoms with Crippen LogP contribution in [0.15, 0.2) is 35.5 Å². The van der Waals surface area contributed by atoms with E-state index < -0.39 is 6.10 Å². The number of ether oxygens (including phenoxy) is 1. The van der Waals surface area contributed by atoms with E-state index in [4.69, 9.17) is 4.74 Å². The maximum Gasteiger partial charge on any atom is 0.255 e. The van der Waals surface area contributed by atoms with Gasteiger partial charge in [-0.1, -0.05) is 6.07 Å². The Balaban J connectivity index is 1.38. The lowest BCUT2D eigenvalue weighted by Gasteiger charge is -2.27. The first kappa shape index (κ1) is 20.2. The van der Waals surface area contributed by atoms with Gasteiger partial charge < -0.3 is 25.6 Å². The third-order valence-corrected chi connectivity index (χ3v) is 5.67. The molecule has 2 aliphatic rings. The van der Waals surface area contributed by atoms with Crippen LogP contribution >= 0.6 is 0 Å². The van der Waals surface area contributed by atoms with Crippen LogP contribution in [-0.2, 0) is 6.42 Å². The first-order valence-electron chi connectivity index (χ1n) is 10.2. The molecule has 1 fully saturated rings. The van der Waals surface area contributed by atoms with Crippen LogP contribution in [0.4, 0.5) is 5.82 Å². The molecule has 1 aliphatic heterocycles. The van der Waals surface area contributed by atoms with Gasteiger partial charge in [-0.2, -0.15) is 0 Å². The van der Waals surface area contributed by atoms with Crippen molar-refractivity contribution in [1.29, 1.82) is 0 Å². The Morgan fingerprint density at radius 3 is 2.90 bits per heavy atom. The van der Waals surface area contributed by atoms with Gasteiger partial charge in [0.1, 0.15) is 17.3 Å². The van der Waals surface area contributed by atoms with Gasteiger partial charge in [-0.05, 0) is 55.0 Å². The number of carbonyl (C=O) groups excluding carboxylic acids is 1. The van der Waals surface area contributed by atoms with Gasteiger partial charge in [0.05, 0.1) is 31.0 Å². The molecule has 4 rings (SSSR count). The number of nitrogens with one attached hydrogen (secondary N) is 2. The van der Waals surface area contributed by atoms with Crippen LogP contribution in [0.1, 0.15) is 40.7 Å². The number of nitrogens with zero attached hydrogens (tertiary/aromatic N) is 2. The Hall–Kier alpha value is -3.13. The number of aromatic nitrogens is 1. The lowest BCUT2D eigenvalue weighted by Crippen LogP contribution is -2.40. The van der Waals surface area contributed by atoms with E-state index in [0.717, 1.165) is 24.0 Å². The molecule has 2 atom stereocenters. The topological polar surface area (TPSA) is 116 Å². The molecule has 0 bridgehead atoms. The Bertz CT molecular complexity index is 958. The largest absolute Gasteiger partial charge is 0.508 e. The number of aliphatic imine (C=N–C) groups is 1. The molecular formula is C22H26N4O4. The number of amides is 1. The van der Waals surface area contributed by atoms with Crippen LogP contribution in [-0.4, -0.2) is 59.2 Å². The zero-order chi connectivity index (χ0) is 21.1. The highest BCUT2D eigenvalue weighted by molar-refractivity contribution is 5.97. The van der Waals surface area contributed by atoms with Gasteiger partial charge in [-0.3, -0.25) is 9.79 Å². The van der Waals surface area contributed by atoms with Crippen molar-refractivity contribution < 1.29 is 19.7 Å². The average Bonchev–Trinajstić information content (AvgIpc) is 2.73. The molecule has 2 heterocycles. The predicted octanol–water partition coefficient (Wildman–Crippen LogP) is 1.89. The first-order chi connectivity index (χ1) is 14.5. The van der Waals surface area contributed by atoms with Crippen molar-refractivity contribution in [2.45, 2.75) is 43.9 Å². The molecule has 1 unspecified atom stereocenters. The number of aliphatic hydroxyl groups excluding tert-OH is 1. The Morgan fingerprint density at radius 2 is 2.17 bits per heavy atom. The van der Waals surface area contributed by atoms with Gasteiger partial charge in [0, 0.05) is 18.8 Å². The third-order valence-electron chi connectivity index (χ3n) is 5.67. The number of aromatic hydroxyl groups is 1. The number of hydrogen-bond donors (Lipinski definition) is 4. The van der Waals surface area contributed by atoms with Gasteiger partial charge in [-0.25, -0.2) is 4.98 Å². The summed E-state index contributed by atoms with van der Waals surface area (Å²) < 4.78 is 5.28. The maximum atomic E-state index is 12.7. The van der Waals surface area contributed by atoms with Crippen LogP contribution in [0, 0.1) is 0 Å². The van der Waals surface area contributed by atoms with Crippen LogP contribution in [0.3, 0.4) is 0 Å². The van der Waals surface area contributed by atoms with Gasteiger partial charge >= 0.3 is 0 Å². The molecule has 1 aliphatic carbocycles. The van der Waals surface area contributed by atoms with E-state index in [1.165, 1.54) is 19.7 Å². The van der Waals surface area contributed by atoms with Crippen molar-refractivity contribution in [3.8, 4) is 11.5 Å². The standard InChI is InChI=1S/C22H26N4O4/c1-30-20-12-24-21(26-15-3-2-4-15)9-17(20)22(29)25-11-19(28)18-8-13-5-6-16(27)7-14(13)10-23-18/h5-7,9-10,12,15,18-19,27-28H,2-4,8,11H2,1H3,(H,24,26)(H,25,29)/t18?,19-/m1/s1. The quantitative estimate of drug-likeness (QED) is 0.554. The fourth-order valence-corrected chi connectivity index (χ4v) is 3.63. The highest BCUT2D eigenvalue weighted by atomic mass is 16.5. The summed E-state index contributed by atoms with van der Waals surface area (Å²) in [7, 11) is 1.49. The highest BCUT2D eigenvalue weighted by Crippen LogP contribution is 2.26. The SMILES string of the molecule is COc1cnc(NC2CCC2)cc1C(=O)NC[C@@H](O)C1Cc2ccc(O)cc2C=N1. The van der Waals surface area contributed by atoms with E-state index in [1.54, 1.807) is 24.4 Å². The summed E-state index contributed by atoms with van der Waals surface area (Å²) in [5.74, 6) is 0.868. The van der Waals surface area contributed by atoms with E-state index in [-0.39, 0.29) is 24.2 Å². The van der Waals surface area contributed by atoms with Crippen molar-refractivity contribution in [3.63, 3.8) is 0 Å². The third kappa shape index (κ3) is 4.38. The number of benzene rings is 1. The van der Waals surface area contributed by atoms with E-state index in [1.807, 2.05) is 6.07 Å². The Kier molecular flexibility index (Phi) is 5.85. The number of anilines is 1. The zero-order valence-electron chi connectivity index (χ0n) is 16.8. The normalized spacial score (nSPS) is 18.8. The first-order valence-corrected chi connectivity index (χ1v) is 10.2. The predicted molar refractivity (Wildman–Crippen MR) is 114 cm³/mol. The van der Waals surface area contributed by atoms with Crippen molar-refractivity contribution in [2.24, 2.45) is 4.99 Å². The maximum absolute atomic E-state index is 12.7. The van der Waals surface area contributed by atoms with Crippen molar-refractivity contribution in [1.82, 2.24) is 10.3 Å². The van der Waals surface area contributed by atoms with Gasteiger partial charge in [-0.15, -0.1) is 0 Å². The summed E-state index contributed by atoms with van der Waals surface area (Å²) in [5.41, 5.74) is 2.21. The van der Waals surface area contributed by atoms with Crippen LogP contribution in [0.2, 0.25) is 0 Å². The molecule has 4 N–H and O–H groups in total. The molecule has 0 radical (unpaired) electrons. The second-order valence-electron chi connectivity index (χ2n) is 7.75. The molecule has 1 amide bonds. The minimum atomic E-state index is -0.840. The number of pyridine rings is 1. The second kappa shape index (κ2) is 8.71. The number of carbonyl (C=O) groups is 1. The molecule has 1 saturated carbocycles. The summed E-state index contributed by atoms with van der Waals surface area (Å²) in [4.78, 5) is 21.4. The Labute approximate surface area is 175 Å². The Morgan fingerprint density at radius 1 is 1.33 bits per heavy atom. The average molecular weight is 410 g/mol. The lowest BCUT2D eigenvalue weighted by molar-refractivity contribution is 0.0894. The van der Waals surface area contributed by atoms with E-state index >= 15 is 0 Å². The van der Waals surface area contributed by atoms with Crippen LogP contribution in [0.25, 0.3) is 0 Å².